The summed E-state index contributed by atoms with van der Waals surface area (Å²) in [6.07, 6.45) is 36.5. The molecular formula is C51H83O14P. The summed E-state index contributed by atoms with van der Waals surface area (Å²) in [5, 5.41) is 60.1. The van der Waals surface area contributed by atoms with E-state index in [-0.39, 0.29) is 12.8 Å². The number of esters is 2. The molecule has 14 nitrogen and oxygen atoms in total. The van der Waals surface area contributed by atoms with Crippen molar-refractivity contribution in [1.82, 2.24) is 0 Å². The molecule has 0 aliphatic heterocycles. The molecule has 1 rings (SSSR count). The molecular weight excluding hydrogens is 868 g/mol. The fourth-order valence-electron chi connectivity index (χ4n) is 6.60. The first-order chi connectivity index (χ1) is 31.8. The summed E-state index contributed by atoms with van der Waals surface area (Å²) in [7, 11) is -5.16. The number of rotatable bonds is 38. The Morgan fingerprint density at radius 2 is 1.08 bits per heavy atom. The lowest BCUT2D eigenvalue weighted by molar-refractivity contribution is -0.220. The van der Waals surface area contributed by atoms with E-state index in [2.05, 4.69) is 50.3 Å². The Bertz CT molecular complexity index is 1540. The summed E-state index contributed by atoms with van der Waals surface area (Å²) in [6.45, 7) is 2.99. The van der Waals surface area contributed by atoms with Crippen molar-refractivity contribution in [2.45, 2.75) is 198 Å². The highest BCUT2D eigenvalue weighted by molar-refractivity contribution is 7.47. The van der Waals surface area contributed by atoms with E-state index in [0.29, 0.717) is 25.7 Å². The maximum atomic E-state index is 12.8. The van der Waals surface area contributed by atoms with E-state index in [0.717, 1.165) is 77.0 Å². The number of unbranched alkanes of at least 4 members (excludes halogenated alkanes) is 10. The molecule has 9 atom stereocenters. The van der Waals surface area contributed by atoms with Crippen LogP contribution in [0.1, 0.15) is 149 Å². The van der Waals surface area contributed by atoms with Gasteiger partial charge in [-0.25, -0.2) is 4.57 Å². The van der Waals surface area contributed by atoms with Crippen LogP contribution in [0.25, 0.3) is 0 Å². The second kappa shape index (κ2) is 39.7. The topological polar surface area (TPSA) is 230 Å². The summed E-state index contributed by atoms with van der Waals surface area (Å²) in [6, 6.07) is 0. The molecule has 7 N–H and O–H groups in total. The van der Waals surface area contributed by atoms with Crippen molar-refractivity contribution in [2.24, 2.45) is 0 Å². The largest absolute Gasteiger partial charge is 0.472 e. The third-order valence-corrected chi connectivity index (χ3v) is 11.5. The third-order valence-electron chi connectivity index (χ3n) is 10.5. The van der Waals surface area contributed by atoms with Crippen LogP contribution in [0.5, 0.6) is 0 Å². The van der Waals surface area contributed by atoms with Crippen LogP contribution in [0.2, 0.25) is 0 Å². The van der Waals surface area contributed by atoms with Crippen molar-refractivity contribution in [2.75, 3.05) is 13.2 Å². The van der Waals surface area contributed by atoms with Gasteiger partial charge >= 0.3 is 19.8 Å². The fraction of sp³-hybridized carbons (Fsp3) is 0.647. The van der Waals surface area contributed by atoms with Crippen molar-refractivity contribution in [3.05, 3.63) is 97.2 Å². The highest BCUT2D eigenvalue weighted by Crippen LogP contribution is 2.47. The highest BCUT2D eigenvalue weighted by Gasteiger charge is 2.51. The smallest absolute Gasteiger partial charge is 0.462 e. The summed E-state index contributed by atoms with van der Waals surface area (Å²) >= 11 is 0. The van der Waals surface area contributed by atoms with Crippen molar-refractivity contribution in [3.63, 3.8) is 0 Å². The third kappa shape index (κ3) is 31.7. The van der Waals surface area contributed by atoms with Crippen molar-refractivity contribution >= 4 is 19.8 Å². The van der Waals surface area contributed by atoms with Crippen LogP contribution >= 0.6 is 7.82 Å². The SMILES string of the molecule is CC/C=C\CC(O)/C=C/C=C/C/C=C\C/C=C\C/C=C\CCC(=O)O[C@H](COC(=O)CCCCCCCCC/C=C\C/C=C\CCCCC)COP(=O)(O)OC1[C@H](O)[C@H](O)C(O)[C@H](O)[C@H]1O. The maximum Gasteiger partial charge on any atom is 0.472 e. The first-order valence-corrected chi connectivity index (χ1v) is 25.6. The van der Waals surface area contributed by atoms with Gasteiger partial charge in [0.1, 0.15) is 43.2 Å². The number of aliphatic hydroxyl groups excluding tert-OH is 6. The van der Waals surface area contributed by atoms with Gasteiger partial charge < -0.3 is 45.0 Å². The van der Waals surface area contributed by atoms with Gasteiger partial charge in [0.25, 0.3) is 0 Å². The van der Waals surface area contributed by atoms with Gasteiger partial charge in [0, 0.05) is 12.8 Å². The normalized spacial score (nSPS) is 22.6. The summed E-state index contributed by atoms with van der Waals surface area (Å²) in [4.78, 5) is 35.7. The second-order valence-corrected chi connectivity index (χ2v) is 17.8. The number of phosphoric acid groups is 1. The average Bonchev–Trinajstić information content (AvgIpc) is 3.29. The minimum atomic E-state index is -5.16. The van der Waals surface area contributed by atoms with E-state index in [4.69, 9.17) is 18.5 Å². The van der Waals surface area contributed by atoms with E-state index in [1.807, 2.05) is 54.7 Å². The molecule has 1 aliphatic carbocycles. The minimum Gasteiger partial charge on any atom is -0.462 e. The Balaban J connectivity index is 2.52. The first-order valence-electron chi connectivity index (χ1n) is 24.1. The van der Waals surface area contributed by atoms with Gasteiger partial charge in [-0.05, 0) is 77.0 Å². The Hall–Kier alpha value is -3.27. The molecule has 4 unspecified atom stereocenters. The predicted octanol–water partition coefficient (Wildman–Crippen LogP) is 8.80. The molecule has 1 fully saturated rings. The van der Waals surface area contributed by atoms with Crippen molar-refractivity contribution in [3.8, 4) is 0 Å². The number of aliphatic hydroxyl groups is 6. The second-order valence-electron chi connectivity index (χ2n) is 16.4. The Kier molecular flexibility index (Phi) is 36.5. The van der Waals surface area contributed by atoms with E-state index in [1.54, 1.807) is 6.08 Å². The number of ether oxygens (including phenoxy) is 2. The van der Waals surface area contributed by atoms with Crippen molar-refractivity contribution in [1.29, 1.82) is 0 Å². The van der Waals surface area contributed by atoms with Crippen LogP contribution in [0.4, 0.5) is 0 Å². The van der Waals surface area contributed by atoms with Gasteiger partial charge in [0.15, 0.2) is 6.10 Å². The zero-order valence-corrected chi connectivity index (χ0v) is 40.4. The summed E-state index contributed by atoms with van der Waals surface area (Å²) < 4.78 is 33.5. The van der Waals surface area contributed by atoms with Crippen molar-refractivity contribution < 1.29 is 68.2 Å². The van der Waals surface area contributed by atoms with Crippen LogP contribution in [0, 0.1) is 0 Å². The lowest BCUT2D eigenvalue weighted by Crippen LogP contribution is -2.64. The van der Waals surface area contributed by atoms with Gasteiger partial charge in [-0.3, -0.25) is 18.6 Å². The maximum absolute atomic E-state index is 12.8. The lowest BCUT2D eigenvalue weighted by atomic mass is 9.85. The number of allylic oxidation sites excluding steroid dienone is 14. The van der Waals surface area contributed by atoms with Crippen LogP contribution in [-0.2, 0) is 32.7 Å². The molecule has 1 saturated carbocycles. The molecule has 0 aromatic heterocycles. The average molecular weight is 951 g/mol. The molecule has 0 bridgehead atoms. The monoisotopic (exact) mass is 951 g/mol. The Labute approximate surface area is 394 Å². The van der Waals surface area contributed by atoms with Gasteiger partial charge in [-0.2, -0.15) is 0 Å². The van der Waals surface area contributed by atoms with E-state index in [1.165, 1.54) is 19.3 Å². The fourth-order valence-corrected chi connectivity index (χ4v) is 7.58. The van der Waals surface area contributed by atoms with Crippen LogP contribution in [-0.4, -0.2) is 110 Å². The first kappa shape index (κ1) is 60.7. The Morgan fingerprint density at radius 3 is 1.67 bits per heavy atom. The summed E-state index contributed by atoms with van der Waals surface area (Å²) in [5.41, 5.74) is 0. The quantitative estimate of drug-likeness (QED) is 0.0101. The number of hydrogen-bond donors (Lipinski definition) is 7. The molecule has 1 aliphatic rings. The molecule has 66 heavy (non-hydrogen) atoms. The van der Waals surface area contributed by atoms with Crippen LogP contribution < -0.4 is 0 Å². The predicted molar refractivity (Wildman–Crippen MR) is 259 cm³/mol. The number of hydrogen-bond acceptors (Lipinski definition) is 13. The van der Waals surface area contributed by atoms with E-state index >= 15 is 0 Å². The molecule has 0 heterocycles. The molecule has 0 spiro atoms. The molecule has 0 saturated heterocycles. The van der Waals surface area contributed by atoms with Crippen LogP contribution in [0.15, 0.2) is 97.2 Å². The van der Waals surface area contributed by atoms with Gasteiger partial charge in [-0.1, -0.05) is 156 Å². The number of carbonyl (C=O) groups is 2. The zero-order chi connectivity index (χ0) is 48.7. The minimum absolute atomic E-state index is 0.0512. The van der Waals surface area contributed by atoms with Gasteiger partial charge in [-0.15, -0.1) is 0 Å². The number of phosphoric ester groups is 1. The molecule has 0 radical (unpaired) electrons. The van der Waals surface area contributed by atoms with Gasteiger partial charge in [0.05, 0.1) is 12.7 Å². The highest BCUT2D eigenvalue weighted by atomic mass is 31.2. The summed E-state index contributed by atoms with van der Waals surface area (Å²) in [5.74, 6) is -1.24. The van der Waals surface area contributed by atoms with E-state index < -0.39 is 81.8 Å². The molecule has 376 valence electrons. The molecule has 0 aromatic carbocycles. The molecule has 0 amide bonds. The number of carbonyl (C=O) groups excluding carboxylic acids is 2. The molecule has 0 aromatic rings. The standard InChI is InChI=1S/C51H83O14P/c1-3-5-7-8-9-10-11-12-13-14-15-18-21-24-27-30-34-38-44(53)62-40-43(41-63-66(60,61)65-51-49(58)47(56)46(55)48(57)50(51)59)64-45(54)39-35-31-28-25-22-19-16-17-20-23-26-29-33-37-42(52)36-32-6-4-2/h6,9-10,12-13,17,19-20,22,26,28-29,31-33,37,42-43,46-52,55-59H,3-5,7-8,11,14-16,18,21,23-25,27,30,34-36,38-41H2,1-2H3,(H,60,61)/b10-9-,13-12-,20-17-,22-19-,29-26+,31-28-,32-6-,37-33+/t42?,43-,46?,47-,48+,49-,50-,51?/m1/s1. The van der Waals surface area contributed by atoms with Gasteiger partial charge in [0.2, 0.25) is 0 Å². The Morgan fingerprint density at radius 1 is 0.561 bits per heavy atom. The molecule has 15 heteroatoms. The van der Waals surface area contributed by atoms with E-state index in [9.17, 15) is 49.7 Å². The van der Waals surface area contributed by atoms with Crippen LogP contribution in [0.3, 0.4) is 0 Å². The zero-order valence-electron chi connectivity index (χ0n) is 39.6. The lowest BCUT2D eigenvalue weighted by Gasteiger charge is -2.41.